The van der Waals surface area contributed by atoms with Gasteiger partial charge < -0.3 is 5.32 Å². The van der Waals surface area contributed by atoms with Crippen LogP contribution in [0.3, 0.4) is 0 Å². The Labute approximate surface area is 178 Å². The summed E-state index contributed by atoms with van der Waals surface area (Å²) in [6.45, 7) is 6.29. The third-order valence-electron chi connectivity index (χ3n) is 5.52. The maximum absolute atomic E-state index is 13.8. The molecular formula is C22H25N3O2S2. The van der Waals surface area contributed by atoms with E-state index >= 15 is 0 Å². The van der Waals surface area contributed by atoms with E-state index in [1.807, 2.05) is 32.0 Å². The number of hydrogen-bond donors (Lipinski definition) is 1. The van der Waals surface area contributed by atoms with E-state index in [-0.39, 0.29) is 17.2 Å². The molecular weight excluding hydrogens is 402 g/mol. The summed E-state index contributed by atoms with van der Waals surface area (Å²) >= 11 is 2.96. The highest BCUT2D eigenvalue weighted by atomic mass is 32.2. The summed E-state index contributed by atoms with van der Waals surface area (Å²) < 4.78 is 1.71. The zero-order chi connectivity index (χ0) is 20.7. The number of fused-ring (bicyclic) bond motifs is 3. The van der Waals surface area contributed by atoms with Crippen molar-refractivity contribution in [2.24, 2.45) is 5.92 Å². The average Bonchev–Trinajstić information content (AvgIpc) is 3.05. The van der Waals surface area contributed by atoms with Gasteiger partial charge in [0.1, 0.15) is 4.83 Å². The van der Waals surface area contributed by atoms with E-state index in [0.717, 1.165) is 46.3 Å². The molecule has 0 bridgehead atoms. The van der Waals surface area contributed by atoms with Crippen molar-refractivity contribution in [2.45, 2.75) is 45.2 Å². The molecule has 1 atom stereocenters. The van der Waals surface area contributed by atoms with E-state index in [9.17, 15) is 9.59 Å². The van der Waals surface area contributed by atoms with Crippen LogP contribution in [-0.2, 0) is 17.6 Å². The highest BCUT2D eigenvalue weighted by Gasteiger charge is 2.25. The van der Waals surface area contributed by atoms with E-state index < -0.39 is 0 Å². The molecule has 1 aliphatic carbocycles. The van der Waals surface area contributed by atoms with Gasteiger partial charge in [-0.05, 0) is 61.8 Å². The number of aryl methyl sites for hydroxylation is 3. The molecule has 2 aromatic heterocycles. The number of thioether (sulfide) groups is 1. The average molecular weight is 428 g/mol. The number of amides is 1. The fourth-order valence-electron chi connectivity index (χ4n) is 3.84. The maximum Gasteiger partial charge on any atom is 0.267 e. The summed E-state index contributed by atoms with van der Waals surface area (Å²) in [4.78, 5) is 32.6. The van der Waals surface area contributed by atoms with E-state index in [2.05, 4.69) is 12.2 Å². The van der Waals surface area contributed by atoms with Crippen LogP contribution in [0.2, 0.25) is 0 Å². The first-order valence-corrected chi connectivity index (χ1v) is 11.7. The van der Waals surface area contributed by atoms with Crippen molar-refractivity contribution in [1.29, 1.82) is 0 Å². The largest absolute Gasteiger partial charge is 0.358 e. The van der Waals surface area contributed by atoms with E-state index in [0.29, 0.717) is 11.1 Å². The van der Waals surface area contributed by atoms with E-state index in [4.69, 9.17) is 4.98 Å². The van der Waals surface area contributed by atoms with Gasteiger partial charge in [-0.2, -0.15) is 0 Å². The fraction of sp³-hybridized carbons (Fsp3) is 0.409. The first-order chi connectivity index (χ1) is 13.9. The van der Waals surface area contributed by atoms with Gasteiger partial charge in [-0.3, -0.25) is 14.2 Å². The Hall–Kier alpha value is -2.12. The van der Waals surface area contributed by atoms with Gasteiger partial charge in [-0.25, -0.2) is 4.98 Å². The Balaban J connectivity index is 1.97. The van der Waals surface area contributed by atoms with Crippen LogP contribution in [-0.4, -0.2) is 28.3 Å². The molecule has 1 N–H and O–H groups in total. The second-order valence-corrected chi connectivity index (χ2v) is 9.84. The third-order valence-corrected chi connectivity index (χ3v) is 7.60. The summed E-state index contributed by atoms with van der Waals surface area (Å²) in [6.07, 6.45) is 3.06. The lowest BCUT2D eigenvalue weighted by Gasteiger charge is -2.18. The number of rotatable bonds is 4. The zero-order valence-corrected chi connectivity index (χ0v) is 18.8. The lowest BCUT2D eigenvalue weighted by Crippen LogP contribution is -2.25. The Morgan fingerprint density at radius 3 is 2.93 bits per heavy atom. The van der Waals surface area contributed by atoms with Crippen LogP contribution in [0.25, 0.3) is 15.9 Å². The molecule has 152 valence electrons. The van der Waals surface area contributed by atoms with Gasteiger partial charge in [0.25, 0.3) is 5.56 Å². The van der Waals surface area contributed by atoms with Crippen molar-refractivity contribution < 1.29 is 4.79 Å². The first kappa shape index (κ1) is 20.2. The van der Waals surface area contributed by atoms with Gasteiger partial charge in [0.15, 0.2) is 5.16 Å². The van der Waals surface area contributed by atoms with E-state index in [1.54, 1.807) is 23.0 Å². The number of nitrogens with zero attached hydrogens (tertiary/aromatic N) is 2. The van der Waals surface area contributed by atoms with Gasteiger partial charge in [-0.1, -0.05) is 30.8 Å². The molecule has 1 aliphatic rings. The number of carbonyl (C=O) groups is 1. The smallest absolute Gasteiger partial charge is 0.267 e. The number of carbonyl (C=O) groups excluding carboxylic acids is 1. The van der Waals surface area contributed by atoms with Crippen molar-refractivity contribution in [3.8, 4) is 5.69 Å². The molecule has 0 spiro atoms. The lowest BCUT2D eigenvalue weighted by atomic mass is 9.89. The Morgan fingerprint density at radius 1 is 1.38 bits per heavy atom. The number of hydrogen-bond acceptors (Lipinski definition) is 5. The highest BCUT2D eigenvalue weighted by molar-refractivity contribution is 7.99. The van der Waals surface area contributed by atoms with Gasteiger partial charge >= 0.3 is 0 Å². The molecule has 1 amide bonds. The summed E-state index contributed by atoms with van der Waals surface area (Å²) in [7, 11) is 1.62. The quantitative estimate of drug-likeness (QED) is 0.504. The summed E-state index contributed by atoms with van der Waals surface area (Å²) in [5.41, 5.74) is 4.10. The van der Waals surface area contributed by atoms with Crippen molar-refractivity contribution in [1.82, 2.24) is 14.9 Å². The highest BCUT2D eigenvalue weighted by Crippen LogP contribution is 2.37. The summed E-state index contributed by atoms with van der Waals surface area (Å²) in [6, 6.07) is 6.09. The molecule has 5 nitrogen and oxygen atoms in total. The third kappa shape index (κ3) is 3.73. The second kappa shape index (κ2) is 7.95. The number of aromatic nitrogens is 2. The first-order valence-electron chi connectivity index (χ1n) is 9.87. The molecule has 2 heterocycles. The molecule has 0 aliphatic heterocycles. The topological polar surface area (TPSA) is 64.0 Å². The molecule has 0 saturated heterocycles. The Bertz CT molecular complexity index is 1160. The molecule has 0 saturated carbocycles. The van der Waals surface area contributed by atoms with Crippen LogP contribution in [0.5, 0.6) is 0 Å². The van der Waals surface area contributed by atoms with Crippen molar-refractivity contribution >= 4 is 39.2 Å². The van der Waals surface area contributed by atoms with Crippen LogP contribution < -0.4 is 10.9 Å². The van der Waals surface area contributed by atoms with Crippen LogP contribution >= 0.6 is 23.1 Å². The van der Waals surface area contributed by atoms with Crippen LogP contribution in [0, 0.1) is 19.8 Å². The minimum Gasteiger partial charge on any atom is -0.358 e. The maximum atomic E-state index is 13.8. The second-order valence-electron chi connectivity index (χ2n) is 7.82. The van der Waals surface area contributed by atoms with Gasteiger partial charge in [-0.15, -0.1) is 11.3 Å². The molecule has 0 fully saturated rings. The molecule has 1 unspecified atom stereocenters. The number of thiophene rings is 1. The van der Waals surface area contributed by atoms with Crippen LogP contribution in [0.1, 0.15) is 34.9 Å². The predicted octanol–water partition coefficient (Wildman–Crippen LogP) is 4.03. The Morgan fingerprint density at radius 2 is 2.17 bits per heavy atom. The zero-order valence-electron chi connectivity index (χ0n) is 17.2. The van der Waals surface area contributed by atoms with Crippen LogP contribution in [0.15, 0.2) is 28.2 Å². The molecule has 29 heavy (non-hydrogen) atoms. The predicted molar refractivity (Wildman–Crippen MR) is 121 cm³/mol. The van der Waals surface area contributed by atoms with E-state index in [1.165, 1.54) is 22.2 Å². The van der Waals surface area contributed by atoms with Crippen molar-refractivity contribution in [3.05, 3.63) is 50.1 Å². The fourth-order valence-corrected chi connectivity index (χ4v) is 6.14. The van der Waals surface area contributed by atoms with Crippen molar-refractivity contribution in [3.63, 3.8) is 0 Å². The monoisotopic (exact) mass is 427 g/mol. The molecule has 4 rings (SSSR count). The number of nitrogens with one attached hydrogen (secondary N) is 1. The van der Waals surface area contributed by atoms with Gasteiger partial charge in [0, 0.05) is 11.9 Å². The SMILES string of the molecule is CNC(=O)CSc1nc2sc3c(c2c(=O)n1-c1cc(C)ccc1C)CCC(C)C3. The standard InChI is InChI=1S/C22H25N3O2S2/c1-12-5-7-14(3)16(9-12)25-21(27)19-15-8-6-13(2)10-17(15)29-20(19)24-22(25)28-11-18(26)23-4/h5,7,9,13H,6,8,10-11H2,1-4H3,(H,23,26). The number of benzene rings is 1. The minimum atomic E-state index is -0.0869. The molecule has 3 aromatic rings. The molecule has 0 radical (unpaired) electrons. The molecule has 1 aromatic carbocycles. The minimum absolute atomic E-state index is 0.0184. The molecule has 7 heteroatoms. The van der Waals surface area contributed by atoms with Crippen LogP contribution in [0.4, 0.5) is 0 Å². The lowest BCUT2D eigenvalue weighted by molar-refractivity contribution is -0.118. The Kier molecular flexibility index (Phi) is 5.53. The normalized spacial score (nSPS) is 16.1. The summed E-state index contributed by atoms with van der Waals surface area (Å²) in [5, 5.41) is 3.98. The van der Waals surface area contributed by atoms with Crippen molar-refractivity contribution in [2.75, 3.05) is 12.8 Å². The van der Waals surface area contributed by atoms with Gasteiger partial charge in [0.05, 0.1) is 16.8 Å². The van der Waals surface area contributed by atoms with Gasteiger partial charge in [0.2, 0.25) is 5.91 Å². The summed E-state index contributed by atoms with van der Waals surface area (Å²) in [5.74, 6) is 0.775.